The quantitative estimate of drug-likeness (QED) is 0.438. The van der Waals surface area contributed by atoms with Crippen LogP contribution in [0.25, 0.3) is 5.00 Å². The summed E-state index contributed by atoms with van der Waals surface area (Å²) in [5.41, 5.74) is 2.41. The van der Waals surface area contributed by atoms with Gasteiger partial charge in [-0.3, -0.25) is 0 Å². The average Bonchev–Trinajstić information content (AvgIpc) is 3.11. The molecule has 0 aliphatic carbocycles. The zero-order valence-electron chi connectivity index (χ0n) is 10.1. The first-order valence-electron chi connectivity index (χ1n) is 5.89. The van der Waals surface area contributed by atoms with Crippen LogP contribution in [0.3, 0.4) is 0 Å². The van der Waals surface area contributed by atoms with Gasteiger partial charge in [0.2, 0.25) is 0 Å². The van der Waals surface area contributed by atoms with E-state index in [9.17, 15) is 5.21 Å². The van der Waals surface area contributed by atoms with Crippen molar-refractivity contribution in [1.82, 2.24) is 4.57 Å². The Morgan fingerprint density at radius 1 is 1.00 bits per heavy atom. The maximum Gasteiger partial charge on any atom is 0.120 e. The Hall–Kier alpha value is -2.33. The van der Waals surface area contributed by atoms with Crippen molar-refractivity contribution in [2.75, 3.05) is 0 Å². The van der Waals surface area contributed by atoms with E-state index in [0.29, 0.717) is 5.71 Å². The lowest BCUT2D eigenvalue weighted by Gasteiger charge is -2.07. The van der Waals surface area contributed by atoms with Gasteiger partial charge in [0.1, 0.15) is 10.7 Å². The minimum absolute atomic E-state index is 0.588. The second-order valence-electron chi connectivity index (χ2n) is 4.04. The molecule has 0 amide bonds. The minimum Gasteiger partial charge on any atom is -0.410 e. The molecule has 0 aliphatic rings. The molecule has 0 aliphatic heterocycles. The first kappa shape index (κ1) is 11.7. The lowest BCUT2D eigenvalue weighted by atomic mass is 10.0. The highest BCUT2D eigenvalue weighted by Gasteiger charge is 2.14. The van der Waals surface area contributed by atoms with Crippen molar-refractivity contribution in [3.05, 3.63) is 77.4 Å². The van der Waals surface area contributed by atoms with Crippen LogP contribution in [-0.4, -0.2) is 15.5 Å². The third kappa shape index (κ3) is 2.18. The molecule has 3 nitrogen and oxygen atoms in total. The number of hydrogen-bond acceptors (Lipinski definition) is 3. The fraction of sp³-hybridized carbons (Fsp3) is 0. The second kappa shape index (κ2) is 5.12. The number of nitrogens with zero attached hydrogens (tertiary/aromatic N) is 2. The largest absolute Gasteiger partial charge is 0.410 e. The van der Waals surface area contributed by atoms with Crippen LogP contribution in [-0.2, 0) is 0 Å². The van der Waals surface area contributed by atoms with Crippen molar-refractivity contribution in [2.45, 2.75) is 0 Å². The molecule has 0 radical (unpaired) electrons. The van der Waals surface area contributed by atoms with Gasteiger partial charge in [-0.25, -0.2) is 0 Å². The summed E-state index contributed by atoms with van der Waals surface area (Å²) in [5.74, 6) is 0. The summed E-state index contributed by atoms with van der Waals surface area (Å²) in [6.45, 7) is 0. The number of aromatic nitrogens is 1. The van der Waals surface area contributed by atoms with Gasteiger partial charge in [-0.2, -0.15) is 0 Å². The lowest BCUT2D eigenvalue weighted by Crippen LogP contribution is -2.05. The molecule has 19 heavy (non-hydrogen) atoms. The van der Waals surface area contributed by atoms with Crippen molar-refractivity contribution in [3.8, 4) is 5.00 Å². The van der Waals surface area contributed by atoms with E-state index in [2.05, 4.69) is 5.16 Å². The van der Waals surface area contributed by atoms with Gasteiger partial charge in [0.05, 0.1) is 0 Å². The van der Waals surface area contributed by atoms with Gasteiger partial charge in [0.15, 0.2) is 0 Å². The van der Waals surface area contributed by atoms with Crippen LogP contribution in [0.5, 0.6) is 0 Å². The predicted octanol–water partition coefficient (Wildman–Crippen LogP) is 3.77. The molecule has 1 aromatic carbocycles. The molecule has 3 aromatic rings. The smallest absolute Gasteiger partial charge is 0.120 e. The van der Waals surface area contributed by atoms with Gasteiger partial charge in [0, 0.05) is 23.5 Å². The first-order chi connectivity index (χ1) is 9.40. The molecule has 94 valence electrons. The number of thiophene rings is 1. The second-order valence-corrected chi connectivity index (χ2v) is 4.94. The van der Waals surface area contributed by atoms with Crippen LogP contribution in [0.15, 0.2) is 71.5 Å². The lowest BCUT2D eigenvalue weighted by molar-refractivity contribution is 0.319. The van der Waals surface area contributed by atoms with Crippen molar-refractivity contribution < 1.29 is 5.21 Å². The molecule has 0 unspecified atom stereocenters. The molecule has 1 N–H and O–H groups in total. The zero-order chi connectivity index (χ0) is 13.1. The maximum atomic E-state index is 9.36. The molecule has 4 heteroatoms. The van der Waals surface area contributed by atoms with Gasteiger partial charge in [-0.15, -0.1) is 11.3 Å². The van der Waals surface area contributed by atoms with Crippen LogP contribution >= 0.6 is 11.3 Å². The van der Waals surface area contributed by atoms with Gasteiger partial charge in [0.25, 0.3) is 0 Å². The van der Waals surface area contributed by atoms with Crippen molar-refractivity contribution in [3.63, 3.8) is 0 Å². The first-order valence-corrected chi connectivity index (χ1v) is 6.77. The molecular weight excluding hydrogens is 256 g/mol. The summed E-state index contributed by atoms with van der Waals surface area (Å²) in [7, 11) is 0. The van der Waals surface area contributed by atoms with Crippen LogP contribution in [0.2, 0.25) is 0 Å². The average molecular weight is 268 g/mol. The van der Waals surface area contributed by atoms with Gasteiger partial charge >= 0.3 is 0 Å². The molecular formula is C15H12N2OS. The Labute approximate surface area is 115 Å². The standard InChI is InChI=1S/C15H12N2OS/c18-16-14(12-6-2-1-3-7-12)13-8-11-19-15(13)17-9-4-5-10-17/h1-11,18H/b16-14-. The molecule has 3 rings (SSSR count). The number of rotatable bonds is 3. The molecule has 0 atom stereocenters. The molecule has 0 fully saturated rings. The summed E-state index contributed by atoms with van der Waals surface area (Å²) in [6.07, 6.45) is 3.96. The highest BCUT2D eigenvalue weighted by atomic mass is 32.1. The Bertz CT molecular complexity index is 684. The third-order valence-corrected chi connectivity index (χ3v) is 3.81. The monoisotopic (exact) mass is 268 g/mol. The summed E-state index contributed by atoms with van der Waals surface area (Å²) >= 11 is 1.62. The van der Waals surface area contributed by atoms with Gasteiger partial charge in [-0.1, -0.05) is 35.5 Å². The van der Waals surface area contributed by atoms with Crippen LogP contribution in [0, 0.1) is 0 Å². The SMILES string of the molecule is O/N=C(/c1ccccc1)c1ccsc1-n1cccc1. The van der Waals surface area contributed by atoms with Crippen molar-refractivity contribution in [2.24, 2.45) is 5.16 Å². The third-order valence-electron chi connectivity index (χ3n) is 2.89. The maximum absolute atomic E-state index is 9.36. The highest BCUT2D eigenvalue weighted by molar-refractivity contribution is 7.13. The highest BCUT2D eigenvalue weighted by Crippen LogP contribution is 2.25. The Morgan fingerprint density at radius 2 is 1.74 bits per heavy atom. The molecule has 0 saturated heterocycles. The number of oxime groups is 1. The van der Waals surface area contributed by atoms with Crippen LogP contribution < -0.4 is 0 Å². The summed E-state index contributed by atoms with van der Waals surface area (Å²) in [5, 5.41) is 15.9. The fourth-order valence-electron chi connectivity index (χ4n) is 2.01. The van der Waals surface area contributed by atoms with E-state index in [1.54, 1.807) is 11.3 Å². The van der Waals surface area contributed by atoms with E-state index < -0.39 is 0 Å². The van der Waals surface area contributed by atoms with E-state index in [-0.39, 0.29) is 0 Å². The predicted molar refractivity (Wildman–Crippen MR) is 77.5 cm³/mol. The van der Waals surface area contributed by atoms with E-state index in [0.717, 1.165) is 16.1 Å². The molecule has 2 aromatic heterocycles. The van der Waals surface area contributed by atoms with Gasteiger partial charge < -0.3 is 9.77 Å². The Morgan fingerprint density at radius 3 is 2.42 bits per heavy atom. The van der Waals surface area contributed by atoms with Crippen LogP contribution in [0.1, 0.15) is 11.1 Å². The van der Waals surface area contributed by atoms with Crippen molar-refractivity contribution in [1.29, 1.82) is 0 Å². The summed E-state index contributed by atoms with van der Waals surface area (Å²) in [4.78, 5) is 0. The van der Waals surface area contributed by atoms with Gasteiger partial charge in [-0.05, 0) is 23.6 Å². The van der Waals surface area contributed by atoms with Crippen molar-refractivity contribution >= 4 is 17.0 Å². The van der Waals surface area contributed by atoms with E-state index in [4.69, 9.17) is 0 Å². The zero-order valence-corrected chi connectivity index (χ0v) is 10.9. The molecule has 0 saturated carbocycles. The normalized spacial score (nSPS) is 11.7. The topological polar surface area (TPSA) is 37.5 Å². The summed E-state index contributed by atoms with van der Waals surface area (Å²) in [6, 6.07) is 15.6. The molecule has 2 heterocycles. The molecule has 0 spiro atoms. The Kier molecular flexibility index (Phi) is 3.16. The van der Waals surface area contributed by atoms with E-state index in [1.165, 1.54) is 0 Å². The number of hydrogen-bond donors (Lipinski definition) is 1. The molecule has 0 bridgehead atoms. The Balaban J connectivity index is 2.10. The minimum atomic E-state index is 0.588. The number of benzene rings is 1. The fourth-order valence-corrected chi connectivity index (χ4v) is 2.88. The van der Waals surface area contributed by atoms with E-state index >= 15 is 0 Å². The van der Waals surface area contributed by atoms with E-state index in [1.807, 2.05) is 70.9 Å². The van der Waals surface area contributed by atoms with Crippen LogP contribution in [0.4, 0.5) is 0 Å². The summed E-state index contributed by atoms with van der Waals surface area (Å²) < 4.78 is 2.02.